The molecule has 0 amide bonds. The summed E-state index contributed by atoms with van der Waals surface area (Å²) >= 11 is 0. The summed E-state index contributed by atoms with van der Waals surface area (Å²) in [5, 5.41) is 0. The molecule has 2 rings (SSSR count). The van der Waals surface area contributed by atoms with Gasteiger partial charge in [0, 0.05) is 12.4 Å². The molecule has 0 radical (unpaired) electrons. The van der Waals surface area contributed by atoms with Crippen molar-refractivity contribution in [3.05, 3.63) is 29.6 Å². The van der Waals surface area contributed by atoms with E-state index in [-0.39, 0.29) is 0 Å². The van der Waals surface area contributed by atoms with Gasteiger partial charge in [-0.15, -0.1) is 0 Å². The normalized spacial score (nSPS) is 12.6. The van der Waals surface area contributed by atoms with E-state index in [9.17, 15) is 0 Å². The number of aryl methyl sites for hydroxylation is 2. The minimum Gasteiger partial charge on any atom is -0.264 e. The average Bonchev–Trinajstić information content (AvgIpc) is 2.34. The summed E-state index contributed by atoms with van der Waals surface area (Å²) in [5.74, 6) is 0. The molecule has 1 aromatic heterocycles. The Morgan fingerprint density at radius 2 is 1.50 bits per heavy atom. The van der Waals surface area contributed by atoms with Gasteiger partial charge in [-0.05, 0) is 42.9 Å². The first kappa shape index (κ1) is 13.2. The van der Waals surface area contributed by atoms with Crippen LogP contribution in [0.1, 0.15) is 51.7 Å². The highest BCUT2D eigenvalue weighted by atomic mass is 14.6. The lowest BCUT2D eigenvalue weighted by molar-refractivity contribution is 0.682. The van der Waals surface area contributed by atoms with Crippen molar-refractivity contribution in [3.8, 4) is 0 Å². The van der Waals surface area contributed by atoms with Crippen LogP contribution in [0.15, 0.2) is 18.5 Å². The molecule has 0 unspecified atom stereocenters. The molecule has 80 valence electrons. The molecule has 0 saturated carbocycles. The highest BCUT2D eigenvalue weighted by Gasteiger charge is 2.06. The second-order valence-electron chi connectivity index (χ2n) is 2.85. The van der Waals surface area contributed by atoms with E-state index in [1.165, 1.54) is 36.8 Å². The van der Waals surface area contributed by atoms with Gasteiger partial charge in [-0.2, -0.15) is 0 Å². The van der Waals surface area contributed by atoms with Crippen molar-refractivity contribution in [2.45, 2.75) is 53.4 Å². The SMILES string of the molecule is CC.CC.c1cc2c(cn1)CCCC2. The molecule has 0 N–H and O–H groups in total. The first-order valence-electron chi connectivity index (χ1n) is 5.88. The monoisotopic (exact) mass is 193 g/mol. The van der Waals surface area contributed by atoms with Crippen molar-refractivity contribution >= 4 is 0 Å². The molecule has 1 aliphatic carbocycles. The second-order valence-corrected chi connectivity index (χ2v) is 2.85. The largest absolute Gasteiger partial charge is 0.264 e. The average molecular weight is 193 g/mol. The van der Waals surface area contributed by atoms with Crippen LogP contribution in [0.5, 0.6) is 0 Å². The fourth-order valence-electron chi connectivity index (χ4n) is 1.56. The standard InChI is InChI=1S/C9H11N.2C2H6/c1-2-4-9-7-10-6-5-8(9)3-1;2*1-2/h5-7H,1-4H2;2*1-2H3. The molecule has 0 saturated heterocycles. The molecule has 0 atom stereocenters. The molecule has 1 nitrogen and oxygen atoms in total. The third-order valence-electron chi connectivity index (χ3n) is 2.15. The lowest BCUT2D eigenvalue weighted by Crippen LogP contribution is -2.01. The van der Waals surface area contributed by atoms with Crippen LogP contribution in [-0.4, -0.2) is 4.98 Å². The van der Waals surface area contributed by atoms with Gasteiger partial charge >= 0.3 is 0 Å². The van der Waals surface area contributed by atoms with E-state index >= 15 is 0 Å². The van der Waals surface area contributed by atoms with E-state index in [1.807, 2.05) is 40.1 Å². The van der Waals surface area contributed by atoms with Gasteiger partial charge in [0.05, 0.1) is 0 Å². The Labute approximate surface area is 88.6 Å². The Bertz CT molecular complexity index is 205. The number of aromatic nitrogens is 1. The van der Waals surface area contributed by atoms with Crippen molar-refractivity contribution in [3.63, 3.8) is 0 Å². The zero-order chi connectivity index (χ0) is 10.8. The number of pyridine rings is 1. The predicted molar refractivity (Wildman–Crippen MR) is 63.6 cm³/mol. The molecular weight excluding hydrogens is 170 g/mol. The quantitative estimate of drug-likeness (QED) is 0.606. The fraction of sp³-hybridized carbons (Fsp3) is 0.615. The second kappa shape index (κ2) is 8.74. The summed E-state index contributed by atoms with van der Waals surface area (Å²) in [4.78, 5) is 4.10. The molecule has 0 aromatic carbocycles. The molecule has 14 heavy (non-hydrogen) atoms. The van der Waals surface area contributed by atoms with Crippen LogP contribution in [0.2, 0.25) is 0 Å². The van der Waals surface area contributed by atoms with Crippen LogP contribution in [0.25, 0.3) is 0 Å². The molecule has 1 aliphatic rings. The van der Waals surface area contributed by atoms with E-state index in [2.05, 4.69) is 11.1 Å². The minimum absolute atomic E-state index is 1.24. The van der Waals surface area contributed by atoms with E-state index in [4.69, 9.17) is 0 Å². The zero-order valence-electron chi connectivity index (χ0n) is 10.0. The highest BCUT2D eigenvalue weighted by molar-refractivity contribution is 5.25. The highest BCUT2D eigenvalue weighted by Crippen LogP contribution is 2.18. The van der Waals surface area contributed by atoms with Crippen molar-refractivity contribution in [2.24, 2.45) is 0 Å². The lowest BCUT2D eigenvalue weighted by atomic mass is 9.94. The summed E-state index contributed by atoms with van der Waals surface area (Å²) in [7, 11) is 0. The summed E-state index contributed by atoms with van der Waals surface area (Å²) in [6.07, 6.45) is 9.11. The van der Waals surface area contributed by atoms with Gasteiger partial charge in [-0.25, -0.2) is 0 Å². The maximum Gasteiger partial charge on any atom is 0.0302 e. The lowest BCUT2D eigenvalue weighted by Gasteiger charge is -2.13. The summed E-state index contributed by atoms with van der Waals surface area (Å²) in [5.41, 5.74) is 2.98. The first-order valence-corrected chi connectivity index (χ1v) is 5.88. The molecule has 0 spiro atoms. The van der Waals surface area contributed by atoms with Crippen LogP contribution in [0.4, 0.5) is 0 Å². The fourth-order valence-corrected chi connectivity index (χ4v) is 1.56. The molecule has 0 aliphatic heterocycles. The van der Waals surface area contributed by atoms with E-state index < -0.39 is 0 Å². The Kier molecular flexibility index (Phi) is 8.20. The summed E-state index contributed by atoms with van der Waals surface area (Å²) in [6, 6.07) is 2.15. The van der Waals surface area contributed by atoms with Gasteiger partial charge in [0.25, 0.3) is 0 Å². The maximum absolute atomic E-state index is 4.10. The number of hydrogen-bond donors (Lipinski definition) is 0. The predicted octanol–water partition coefficient (Wildman–Crippen LogP) is 4.01. The molecule has 0 bridgehead atoms. The van der Waals surface area contributed by atoms with E-state index in [0.29, 0.717) is 0 Å². The van der Waals surface area contributed by atoms with Gasteiger partial charge in [0.15, 0.2) is 0 Å². The third kappa shape index (κ3) is 3.91. The van der Waals surface area contributed by atoms with Gasteiger partial charge < -0.3 is 0 Å². The molecule has 1 aromatic rings. The van der Waals surface area contributed by atoms with E-state index in [1.54, 1.807) is 0 Å². The number of nitrogens with zero attached hydrogens (tertiary/aromatic N) is 1. The number of hydrogen-bond acceptors (Lipinski definition) is 1. The Balaban J connectivity index is 0.000000379. The first-order chi connectivity index (χ1) is 6.97. The Morgan fingerprint density at radius 3 is 2.07 bits per heavy atom. The van der Waals surface area contributed by atoms with Crippen LogP contribution < -0.4 is 0 Å². The molecular formula is C13H23N. The van der Waals surface area contributed by atoms with Crippen LogP contribution in [0, 0.1) is 0 Å². The van der Waals surface area contributed by atoms with Crippen LogP contribution in [-0.2, 0) is 12.8 Å². The minimum atomic E-state index is 1.24. The van der Waals surface area contributed by atoms with Gasteiger partial charge in [-0.3, -0.25) is 4.98 Å². The van der Waals surface area contributed by atoms with Gasteiger partial charge in [-0.1, -0.05) is 27.7 Å². The van der Waals surface area contributed by atoms with E-state index in [0.717, 1.165) is 0 Å². The summed E-state index contributed by atoms with van der Waals surface area (Å²) in [6.45, 7) is 8.00. The maximum atomic E-state index is 4.10. The van der Waals surface area contributed by atoms with Gasteiger partial charge in [0.1, 0.15) is 0 Å². The zero-order valence-corrected chi connectivity index (χ0v) is 10.0. The van der Waals surface area contributed by atoms with Crippen LogP contribution in [0.3, 0.4) is 0 Å². The number of rotatable bonds is 0. The summed E-state index contributed by atoms with van der Waals surface area (Å²) < 4.78 is 0. The Morgan fingerprint density at radius 1 is 0.929 bits per heavy atom. The van der Waals surface area contributed by atoms with Crippen molar-refractivity contribution in [2.75, 3.05) is 0 Å². The van der Waals surface area contributed by atoms with Gasteiger partial charge in [0.2, 0.25) is 0 Å². The van der Waals surface area contributed by atoms with Crippen molar-refractivity contribution < 1.29 is 0 Å². The third-order valence-corrected chi connectivity index (χ3v) is 2.15. The van der Waals surface area contributed by atoms with Crippen molar-refractivity contribution in [1.29, 1.82) is 0 Å². The number of fused-ring (bicyclic) bond motifs is 1. The molecule has 1 heteroatoms. The molecule has 0 fully saturated rings. The smallest absolute Gasteiger partial charge is 0.0302 e. The van der Waals surface area contributed by atoms with Crippen LogP contribution >= 0.6 is 0 Å². The Hall–Kier alpha value is -0.850. The topological polar surface area (TPSA) is 12.9 Å². The van der Waals surface area contributed by atoms with Crippen molar-refractivity contribution in [1.82, 2.24) is 4.98 Å². The molecule has 1 heterocycles.